The Hall–Kier alpha value is -1.52. The van der Waals surface area contributed by atoms with Crippen LogP contribution >= 0.6 is 0 Å². The lowest BCUT2D eigenvalue weighted by Crippen LogP contribution is -2.45. The van der Waals surface area contributed by atoms with E-state index in [1.165, 1.54) is 6.08 Å². The van der Waals surface area contributed by atoms with E-state index in [0.29, 0.717) is 0 Å². The minimum atomic E-state index is -2.08. The van der Waals surface area contributed by atoms with Gasteiger partial charge in [-0.2, -0.15) is 0 Å². The van der Waals surface area contributed by atoms with Gasteiger partial charge in [-0.1, -0.05) is 0 Å². The van der Waals surface area contributed by atoms with Crippen molar-refractivity contribution in [3.63, 3.8) is 0 Å². The highest BCUT2D eigenvalue weighted by molar-refractivity contribution is 6.02. The number of carboxylic acids is 2. The van der Waals surface area contributed by atoms with Crippen molar-refractivity contribution in [3.8, 4) is 0 Å². The van der Waals surface area contributed by atoms with Crippen LogP contribution in [0, 0.1) is 0 Å². The second kappa shape index (κ2) is 2.26. The zero-order chi connectivity index (χ0) is 8.48. The molecule has 0 aromatic heterocycles. The van der Waals surface area contributed by atoms with Crippen molar-refractivity contribution in [2.75, 3.05) is 0 Å². The van der Waals surface area contributed by atoms with Gasteiger partial charge in [0.1, 0.15) is 0 Å². The molecular formula is C6H6O5. The van der Waals surface area contributed by atoms with Crippen LogP contribution in [-0.4, -0.2) is 27.8 Å². The largest absolute Gasteiger partial charge is 0.478 e. The first-order valence-electron chi connectivity index (χ1n) is 2.89. The van der Waals surface area contributed by atoms with E-state index in [0.717, 1.165) is 6.26 Å². The number of ether oxygens (including phenoxy) is 1. The summed E-state index contributed by atoms with van der Waals surface area (Å²) in [5.41, 5.74) is -2.08. The number of rotatable bonds is 2. The van der Waals surface area contributed by atoms with Crippen molar-refractivity contribution >= 4 is 11.9 Å². The van der Waals surface area contributed by atoms with E-state index in [1.807, 2.05) is 0 Å². The summed E-state index contributed by atoms with van der Waals surface area (Å²) in [5.74, 6) is -2.95. The SMILES string of the molecule is O=C(O)C1(C(=O)O)CC=CO1. The minimum Gasteiger partial charge on any atom is -0.478 e. The lowest BCUT2D eigenvalue weighted by Gasteiger charge is -2.17. The van der Waals surface area contributed by atoms with Crippen LogP contribution in [0.25, 0.3) is 0 Å². The molecule has 1 rings (SSSR count). The molecule has 0 bridgehead atoms. The summed E-state index contributed by atoms with van der Waals surface area (Å²) in [5, 5.41) is 17.0. The van der Waals surface area contributed by atoms with Crippen molar-refractivity contribution in [1.82, 2.24) is 0 Å². The molecule has 1 aliphatic rings. The zero-order valence-corrected chi connectivity index (χ0v) is 5.48. The molecule has 0 unspecified atom stereocenters. The lowest BCUT2D eigenvalue weighted by atomic mass is 10.0. The molecule has 0 fully saturated rings. The smallest absolute Gasteiger partial charge is 0.360 e. The van der Waals surface area contributed by atoms with E-state index in [-0.39, 0.29) is 6.42 Å². The summed E-state index contributed by atoms with van der Waals surface area (Å²) < 4.78 is 4.48. The average Bonchev–Trinajstić information content (AvgIpc) is 2.34. The Kier molecular flexibility index (Phi) is 1.56. The lowest BCUT2D eigenvalue weighted by molar-refractivity contribution is -0.174. The van der Waals surface area contributed by atoms with Crippen LogP contribution in [0.1, 0.15) is 6.42 Å². The quantitative estimate of drug-likeness (QED) is 0.545. The second-order valence-electron chi connectivity index (χ2n) is 2.13. The number of hydrogen-bond acceptors (Lipinski definition) is 3. The summed E-state index contributed by atoms with van der Waals surface area (Å²) >= 11 is 0. The third kappa shape index (κ3) is 0.938. The Morgan fingerprint density at radius 3 is 2.09 bits per heavy atom. The fraction of sp³-hybridized carbons (Fsp3) is 0.333. The normalized spacial score (nSPS) is 19.3. The van der Waals surface area contributed by atoms with E-state index in [9.17, 15) is 9.59 Å². The van der Waals surface area contributed by atoms with Crippen LogP contribution in [0.2, 0.25) is 0 Å². The van der Waals surface area contributed by atoms with Crippen molar-refractivity contribution in [3.05, 3.63) is 12.3 Å². The van der Waals surface area contributed by atoms with Crippen LogP contribution in [0.15, 0.2) is 12.3 Å². The Bertz CT molecular complexity index is 205. The van der Waals surface area contributed by atoms with Gasteiger partial charge in [0, 0.05) is 6.42 Å². The molecule has 0 saturated heterocycles. The molecule has 5 heteroatoms. The van der Waals surface area contributed by atoms with Gasteiger partial charge < -0.3 is 14.9 Å². The van der Waals surface area contributed by atoms with Crippen LogP contribution < -0.4 is 0 Å². The fourth-order valence-electron chi connectivity index (χ4n) is 0.793. The van der Waals surface area contributed by atoms with Crippen molar-refractivity contribution in [1.29, 1.82) is 0 Å². The summed E-state index contributed by atoms with van der Waals surface area (Å²) in [4.78, 5) is 20.8. The molecular weight excluding hydrogens is 152 g/mol. The fourth-order valence-corrected chi connectivity index (χ4v) is 0.793. The summed E-state index contributed by atoms with van der Waals surface area (Å²) in [6, 6.07) is 0. The molecule has 0 radical (unpaired) electrons. The number of hydrogen-bond donors (Lipinski definition) is 2. The standard InChI is InChI=1S/C6H6O5/c7-4(8)6(5(9)10)2-1-3-11-6/h1,3H,2H2,(H,7,8)(H,9,10). The molecule has 1 aliphatic heterocycles. The third-order valence-electron chi connectivity index (χ3n) is 1.46. The highest BCUT2D eigenvalue weighted by atomic mass is 16.5. The van der Waals surface area contributed by atoms with Gasteiger partial charge in [0.15, 0.2) is 0 Å². The maximum atomic E-state index is 10.4. The highest BCUT2D eigenvalue weighted by Crippen LogP contribution is 2.23. The highest BCUT2D eigenvalue weighted by Gasteiger charge is 2.49. The van der Waals surface area contributed by atoms with E-state index in [1.54, 1.807) is 0 Å². The molecule has 60 valence electrons. The number of carbonyl (C=O) groups is 2. The molecule has 0 aromatic rings. The average molecular weight is 158 g/mol. The molecule has 5 nitrogen and oxygen atoms in total. The second-order valence-corrected chi connectivity index (χ2v) is 2.13. The summed E-state index contributed by atoms with van der Waals surface area (Å²) in [7, 11) is 0. The van der Waals surface area contributed by atoms with Crippen LogP contribution in [0.3, 0.4) is 0 Å². The van der Waals surface area contributed by atoms with Gasteiger partial charge in [-0.05, 0) is 6.08 Å². The Balaban J connectivity index is 2.90. The van der Waals surface area contributed by atoms with Crippen LogP contribution in [0.4, 0.5) is 0 Å². The molecule has 0 saturated carbocycles. The molecule has 0 aromatic carbocycles. The van der Waals surface area contributed by atoms with Crippen molar-refractivity contribution < 1.29 is 24.5 Å². The van der Waals surface area contributed by atoms with Crippen LogP contribution in [-0.2, 0) is 14.3 Å². The predicted octanol–water partition coefficient (Wildman–Crippen LogP) is -0.172. The topological polar surface area (TPSA) is 83.8 Å². The maximum absolute atomic E-state index is 10.4. The maximum Gasteiger partial charge on any atom is 0.360 e. The van der Waals surface area contributed by atoms with Crippen molar-refractivity contribution in [2.45, 2.75) is 12.0 Å². The monoisotopic (exact) mass is 158 g/mol. The summed E-state index contributed by atoms with van der Waals surface area (Å²) in [6.45, 7) is 0. The molecule has 0 atom stereocenters. The predicted molar refractivity (Wildman–Crippen MR) is 32.8 cm³/mol. The number of aliphatic carboxylic acids is 2. The van der Waals surface area contributed by atoms with Gasteiger partial charge in [-0.3, -0.25) is 0 Å². The first-order valence-corrected chi connectivity index (χ1v) is 2.89. The first kappa shape index (κ1) is 7.59. The van der Waals surface area contributed by atoms with E-state index in [4.69, 9.17) is 10.2 Å². The van der Waals surface area contributed by atoms with E-state index < -0.39 is 17.5 Å². The number of carboxylic acid groups (broad SMARTS) is 2. The molecule has 0 amide bonds. The van der Waals surface area contributed by atoms with E-state index in [2.05, 4.69) is 4.74 Å². The minimum absolute atomic E-state index is 0.127. The van der Waals surface area contributed by atoms with E-state index >= 15 is 0 Å². The molecule has 1 heterocycles. The van der Waals surface area contributed by atoms with Gasteiger partial charge in [0.25, 0.3) is 0 Å². The first-order chi connectivity index (χ1) is 5.09. The molecule has 11 heavy (non-hydrogen) atoms. The van der Waals surface area contributed by atoms with Gasteiger partial charge >= 0.3 is 17.5 Å². The van der Waals surface area contributed by atoms with Gasteiger partial charge in [-0.15, -0.1) is 0 Å². The Morgan fingerprint density at radius 2 is 1.91 bits per heavy atom. The Labute approximate surface area is 61.9 Å². The van der Waals surface area contributed by atoms with Gasteiger partial charge in [-0.25, -0.2) is 9.59 Å². The zero-order valence-electron chi connectivity index (χ0n) is 5.48. The summed E-state index contributed by atoms with van der Waals surface area (Å²) in [6.07, 6.45) is 2.32. The van der Waals surface area contributed by atoms with Crippen molar-refractivity contribution in [2.24, 2.45) is 0 Å². The molecule has 2 N–H and O–H groups in total. The van der Waals surface area contributed by atoms with Gasteiger partial charge in [0.05, 0.1) is 6.26 Å². The molecule has 0 aliphatic carbocycles. The van der Waals surface area contributed by atoms with Gasteiger partial charge in [0.2, 0.25) is 0 Å². The van der Waals surface area contributed by atoms with Crippen LogP contribution in [0.5, 0.6) is 0 Å². The Morgan fingerprint density at radius 1 is 1.36 bits per heavy atom. The third-order valence-corrected chi connectivity index (χ3v) is 1.46. The molecule has 0 spiro atoms.